The van der Waals surface area contributed by atoms with Crippen LogP contribution in [0.2, 0.25) is 0 Å². The van der Waals surface area contributed by atoms with Gasteiger partial charge in [-0.1, -0.05) is 22.0 Å². The van der Waals surface area contributed by atoms with E-state index in [0.717, 1.165) is 14.6 Å². The standard InChI is InChI=1S/C14H13Br2N3O/c1-9(12-4-2-3-7-17-12)18-14(20)19-13-6-5-10(15)8-11(13)16/h2-9H,1H3,(H2,18,19,20)/t9-/m1/s1. The van der Waals surface area contributed by atoms with Crippen LogP contribution in [-0.4, -0.2) is 11.0 Å². The highest BCUT2D eigenvalue weighted by molar-refractivity contribution is 9.11. The summed E-state index contributed by atoms with van der Waals surface area (Å²) in [6.45, 7) is 1.89. The number of halogens is 2. The normalized spacial score (nSPS) is 11.8. The Morgan fingerprint density at radius 1 is 1.25 bits per heavy atom. The number of nitrogens with zero attached hydrogens (tertiary/aromatic N) is 1. The van der Waals surface area contributed by atoms with Crippen molar-refractivity contribution < 1.29 is 4.79 Å². The molecule has 2 aromatic rings. The molecule has 0 radical (unpaired) electrons. The van der Waals surface area contributed by atoms with E-state index in [-0.39, 0.29) is 12.1 Å². The summed E-state index contributed by atoms with van der Waals surface area (Å²) in [4.78, 5) is 16.2. The Labute approximate surface area is 134 Å². The first-order valence-electron chi connectivity index (χ1n) is 6.00. The number of anilines is 1. The number of carbonyl (C=O) groups is 1. The lowest BCUT2D eigenvalue weighted by Gasteiger charge is -2.14. The fraction of sp³-hybridized carbons (Fsp3) is 0.143. The minimum absolute atomic E-state index is 0.162. The maximum Gasteiger partial charge on any atom is 0.319 e. The second kappa shape index (κ2) is 6.85. The molecule has 1 heterocycles. The fourth-order valence-electron chi connectivity index (χ4n) is 1.65. The van der Waals surface area contributed by atoms with E-state index in [1.54, 1.807) is 6.20 Å². The molecule has 0 saturated heterocycles. The Morgan fingerprint density at radius 2 is 2.05 bits per heavy atom. The highest BCUT2D eigenvalue weighted by atomic mass is 79.9. The molecular formula is C14H13Br2N3O. The van der Waals surface area contributed by atoms with Crippen molar-refractivity contribution in [2.45, 2.75) is 13.0 Å². The Bertz CT molecular complexity index is 605. The largest absolute Gasteiger partial charge is 0.330 e. The van der Waals surface area contributed by atoms with Crippen LogP contribution in [0.3, 0.4) is 0 Å². The van der Waals surface area contributed by atoms with Crippen molar-refractivity contribution >= 4 is 43.6 Å². The lowest BCUT2D eigenvalue weighted by molar-refractivity contribution is 0.249. The maximum absolute atomic E-state index is 12.0. The fourth-order valence-corrected chi connectivity index (χ4v) is 2.80. The van der Waals surface area contributed by atoms with Crippen LogP contribution < -0.4 is 10.6 Å². The predicted molar refractivity (Wildman–Crippen MR) is 86.6 cm³/mol. The van der Waals surface area contributed by atoms with Crippen LogP contribution in [0, 0.1) is 0 Å². The minimum atomic E-state index is -0.272. The number of rotatable bonds is 3. The van der Waals surface area contributed by atoms with Crippen LogP contribution in [0.1, 0.15) is 18.7 Å². The van der Waals surface area contributed by atoms with Gasteiger partial charge in [0.25, 0.3) is 0 Å². The van der Waals surface area contributed by atoms with Gasteiger partial charge in [0, 0.05) is 15.1 Å². The van der Waals surface area contributed by atoms with Crippen molar-refractivity contribution in [1.29, 1.82) is 0 Å². The Kier molecular flexibility index (Phi) is 5.14. The van der Waals surface area contributed by atoms with Gasteiger partial charge in [-0.2, -0.15) is 0 Å². The topological polar surface area (TPSA) is 54.0 Å². The molecular weight excluding hydrogens is 386 g/mol. The maximum atomic E-state index is 12.0. The number of amides is 2. The molecule has 0 bridgehead atoms. The Morgan fingerprint density at radius 3 is 2.70 bits per heavy atom. The Balaban J connectivity index is 1.99. The first-order chi connectivity index (χ1) is 9.56. The first kappa shape index (κ1) is 15.0. The van der Waals surface area contributed by atoms with E-state index >= 15 is 0 Å². The summed E-state index contributed by atoms with van der Waals surface area (Å²) in [5.41, 5.74) is 1.52. The lowest BCUT2D eigenvalue weighted by atomic mass is 10.2. The molecule has 0 fully saturated rings. The minimum Gasteiger partial charge on any atom is -0.330 e. The zero-order valence-corrected chi connectivity index (χ0v) is 13.9. The van der Waals surface area contributed by atoms with Gasteiger partial charge in [0.2, 0.25) is 0 Å². The van der Waals surface area contributed by atoms with Crippen LogP contribution in [0.4, 0.5) is 10.5 Å². The van der Waals surface area contributed by atoms with Gasteiger partial charge in [0.05, 0.1) is 17.4 Å². The second-order valence-corrected chi connectivity index (χ2v) is 5.97. The monoisotopic (exact) mass is 397 g/mol. The number of benzene rings is 1. The molecule has 0 aliphatic rings. The highest BCUT2D eigenvalue weighted by Gasteiger charge is 2.11. The second-order valence-electron chi connectivity index (χ2n) is 4.20. The van der Waals surface area contributed by atoms with Gasteiger partial charge in [-0.05, 0) is 53.2 Å². The molecule has 1 atom stereocenters. The average molecular weight is 399 g/mol. The summed E-state index contributed by atoms with van der Waals surface area (Å²) in [5.74, 6) is 0. The van der Waals surface area contributed by atoms with Gasteiger partial charge < -0.3 is 10.6 Å². The van der Waals surface area contributed by atoms with E-state index in [9.17, 15) is 4.79 Å². The molecule has 0 spiro atoms. The van der Waals surface area contributed by atoms with Gasteiger partial charge in [0.15, 0.2) is 0 Å². The molecule has 0 aliphatic heterocycles. The summed E-state index contributed by atoms with van der Waals surface area (Å²) in [5, 5.41) is 5.63. The summed E-state index contributed by atoms with van der Waals surface area (Å²) in [7, 11) is 0. The van der Waals surface area contributed by atoms with Crippen LogP contribution in [0.15, 0.2) is 51.5 Å². The molecule has 104 valence electrons. The van der Waals surface area contributed by atoms with Gasteiger partial charge in [0.1, 0.15) is 0 Å². The third-order valence-electron chi connectivity index (χ3n) is 2.66. The molecule has 1 aromatic carbocycles. The zero-order chi connectivity index (χ0) is 14.5. The molecule has 2 amide bonds. The smallest absolute Gasteiger partial charge is 0.319 e. The summed E-state index contributed by atoms with van der Waals surface area (Å²) in [6.07, 6.45) is 1.71. The van der Waals surface area contributed by atoms with Crippen molar-refractivity contribution in [3.63, 3.8) is 0 Å². The van der Waals surface area contributed by atoms with Gasteiger partial charge in [-0.15, -0.1) is 0 Å². The van der Waals surface area contributed by atoms with E-state index in [0.29, 0.717) is 5.69 Å². The van der Waals surface area contributed by atoms with Crippen LogP contribution in [0.25, 0.3) is 0 Å². The van der Waals surface area contributed by atoms with Crippen molar-refractivity contribution in [1.82, 2.24) is 10.3 Å². The number of pyridine rings is 1. The van der Waals surface area contributed by atoms with E-state index < -0.39 is 0 Å². The molecule has 1 aromatic heterocycles. The number of carbonyl (C=O) groups excluding carboxylic acids is 1. The van der Waals surface area contributed by atoms with Gasteiger partial charge in [-0.25, -0.2) is 4.79 Å². The molecule has 4 nitrogen and oxygen atoms in total. The van der Waals surface area contributed by atoms with E-state index in [1.165, 1.54) is 0 Å². The van der Waals surface area contributed by atoms with Crippen molar-refractivity contribution in [2.75, 3.05) is 5.32 Å². The third-order valence-corrected chi connectivity index (χ3v) is 3.81. The van der Waals surface area contributed by atoms with Crippen LogP contribution >= 0.6 is 31.9 Å². The van der Waals surface area contributed by atoms with Crippen LogP contribution in [0.5, 0.6) is 0 Å². The molecule has 6 heteroatoms. The summed E-state index contributed by atoms with van der Waals surface area (Å²) >= 11 is 6.77. The third kappa shape index (κ3) is 4.05. The summed E-state index contributed by atoms with van der Waals surface area (Å²) in [6, 6.07) is 10.7. The van der Waals surface area contributed by atoms with Crippen molar-refractivity contribution in [3.05, 3.63) is 57.2 Å². The highest BCUT2D eigenvalue weighted by Crippen LogP contribution is 2.26. The zero-order valence-electron chi connectivity index (χ0n) is 10.7. The number of nitrogens with one attached hydrogen (secondary N) is 2. The van der Waals surface area contributed by atoms with E-state index in [2.05, 4.69) is 47.5 Å². The van der Waals surface area contributed by atoms with Crippen LogP contribution in [-0.2, 0) is 0 Å². The molecule has 20 heavy (non-hydrogen) atoms. The summed E-state index contributed by atoms with van der Waals surface area (Å²) < 4.78 is 1.75. The average Bonchev–Trinajstić information content (AvgIpc) is 2.43. The van der Waals surface area contributed by atoms with E-state index in [1.807, 2.05) is 43.3 Å². The van der Waals surface area contributed by atoms with Crippen molar-refractivity contribution in [2.24, 2.45) is 0 Å². The molecule has 2 rings (SSSR count). The quantitative estimate of drug-likeness (QED) is 0.800. The predicted octanol–water partition coefficient (Wildman–Crippen LogP) is 4.49. The molecule has 0 saturated carbocycles. The number of hydrogen-bond donors (Lipinski definition) is 2. The number of hydrogen-bond acceptors (Lipinski definition) is 2. The SMILES string of the molecule is C[C@@H](NC(=O)Nc1ccc(Br)cc1Br)c1ccccn1. The lowest BCUT2D eigenvalue weighted by Crippen LogP contribution is -2.31. The number of aromatic nitrogens is 1. The Hall–Kier alpha value is -1.40. The van der Waals surface area contributed by atoms with Crippen molar-refractivity contribution in [3.8, 4) is 0 Å². The first-order valence-corrected chi connectivity index (χ1v) is 7.58. The van der Waals surface area contributed by atoms with Gasteiger partial charge in [-0.3, -0.25) is 4.98 Å². The van der Waals surface area contributed by atoms with E-state index in [4.69, 9.17) is 0 Å². The molecule has 0 unspecified atom stereocenters. The molecule has 0 aliphatic carbocycles. The van der Waals surface area contributed by atoms with Gasteiger partial charge >= 0.3 is 6.03 Å². The number of urea groups is 1. The molecule has 2 N–H and O–H groups in total.